The maximum Gasteiger partial charge on any atom is 0.306 e. The minimum Gasteiger partial charge on any atom is -0.462 e. The van der Waals surface area contributed by atoms with Crippen LogP contribution >= 0.6 is 0 Å². The number of hydrogen-bond donors (Lipinski definition) is 0. The molecule has 0 saturated carbocycles. The summed E-state index contributed by atoms with van der Waals surface area (Å²) in [5, 5.41) is 0. The molecule has 70 heavy (non-hydrogen) atoms. The topological polar surface area (TPSA) is 78.9 Å². The predicted octanol–water partition coefficient (Wildman–Crippen LogP) is 20.4. The van der Waals surface area contributed by atoms with E-state index >= 15 is 0 Å². The van der Waals surface area contributed by atoms with Crippen molar-refractivity contribution in [3.63, 3.8) is 0 Å². The summed E-state index contributed by atoms with van der Waals surface area (Å²) in [4.78, 5) is 38.1. The summed E-state index contributed by atoms with van der Waals surface area (Å²) in [5.41, 5.74) is 0. The van der Waals surface area contributed by atoms with Crippen molar-refractivity contribution in [3.8, 4) is 0 Å². The molecular formula is C64H114O6. The number of rotatable bonds is 55. The van der Waals surface area contributed by atoms with Gasteiger partial charge in [-0.3, -0.25) is 14.4 Å². The first-order valence-electron chi connectivity index (χ1n) is 30.3. The lowest BCUT2D eigenvalue weighted by Gasteiger charge is -2.18. The highest BCUT2D eigenvalue weighted by Gasteiger charge is 2.19. The molecule has 0 aliphatic heterocycles. The van der Waals surface area contributed by atoms with Crippen LogP contribution < -0.4 is 0 Å². The summed E-state index contributed by atoms with van der Waals surface area (Å²) < 4.78 is 16.9. The second-order valence-electron chi connectivity index (χ2n) is 20.2. The SMILES string of the molecule is CCCCC/C=C\C/C=C\CCCCCCCC(=O)OC(COC(=O)CCCCCCC/C=C\CCCCC)COC(=O)CCCCCCCCCCCCCCC/C=C\C/C=C\CCCCCCC. The molecule has 0 aliphatic rings. The van der Waals surface area contributed by atoms with Gasteiger partial charge in [-0.05, 0) is 109 Å². The van der Waals surface area contributed by atoms with Crippen LogP contribution in [0.5, 0.6) is 0 Å². The van der Waals surface area contributed by atoms with Gasteiger partial charge in [-0.1, -0.05) is 242 Å². The van der Waals surface area contributed by atoms with Crippen LogP contribution in [-0.2, 0) is 28.6 Å². The summed E-state index contributed by atoms with van der Waals surface area (Å²) in [5.74, 6) is -0.894. The van der Waals surface area contributed by atoms with Crippen molar-refractivity contribution in [1.29, 1.82) is 0 Å². The Kier molecular flexibility index (Phi) is 56.3. The lowest BCUT2D eigenvalue weighted by Crippen LogP contribution is -2.30. The third-order valence-corrected chi connectivity index (χ3v) is 13.2. The molecule has 0 spiro atoms. The third kappa shape index (κ3) is 56.0. The van der Waals surface area contributed by atoms with Crippen LogP contribution in [-0.4, -0.2) is 37.2 Å². The Hall–Kier alpha value is -2.89. The zero-order valence-corrected chi connectivity index (χ0v) is 46.5. The minimum absolute atomic E-state index is 0.0815. The Labute approximate surface area is 434 Å². The second kappa shape index (κ2) is 58.7. The Morgan fingerprint density at radius 1 is 0.286 bits per heavy atom. The van der Waals surface area contributed by atoms with E-state index in [0.717, 1.165) is 96.3 Å². The highest BCUT2D eigenvalue weighted by atomic mass is 16.6. The second-order valence-corrected chi connectivity index (χ2v) is 20.2. The van der Waals surface area contributed by atoms with E-state index in [2.05, 4.69) is 81.5 Å². The summed E-state index contributed by atoms with van der Waals surface area (Å²) >= 11 is 0. The summed E-state index contributed by atoms with van der Waals surface area (Å²) in [6, 6.07) is 0. The molecular weight excluding hydrogens is 865 g/mol. The van der Waals surface area contributed by atoms with Gasteiger partial charge in [0.15, 0.2) is 6.10 Å². The molecule has 0 radical (unpaired) electrons. The first kappa shape index (κ1) is 67.1. The molecule has 0 bridgehead atoms. The summed E-state index contributed by atoms with van der Waals surface area (Å²) in [7, 11) is 0. The molecule has 6 heteroatoms. The highest BCUT2D eigenvalue weighted by Crippen LogP contribution is 2.16. The molecule has 0 aromatic rings. The van der Waals surface area contributed by atoms with Crippen molar-refractivity contribution in [2.45, 2.75) is 316 Å². The zero-order valence-electron chi connectivity index (χ0n) is 46.5. The van der Waals surface area contributed by atoms with Gasteiger partial charge in [0.25, 0.3) is 0 Å². The Bertz CT molecular complexity index is 1260. The van der Waals surface area contributed by atoms with E-state index in [9.17, 15) is 14.4 Å². The lowest BCUT2D eigenvalue weighted by atomic mass is 10.0. The van der Waals surface area contributed by atoms with Gasteiger partial charge in [0, 0.05) is 19.3 Å². The number of allylic oxidation sites excluding steroid dienone is 10. The van der Waals surface area contributed by atoms with Crippen LogP contribution in [0.3, 0.4) is 0 Å². The van der Waals surface area contributed by atoms with Crippen molar-refractivity contribution in [1.82, 2.24) is 0 Å². The Morgan fingerprint density at radius 3 is 0.829 bits per heavy atom. The molecule has 0 fully saturated rings. The van der Waals surface area contributed by atoms with Crippen LogP contribution in [0.15, 0.2) is 60.8 Å². The van der Waals surface area contributed by atoms with Gasteiger partial charge < -0.3 is 14.2 Å². The smallest absolute Gasteiger partial charge is 0.306 e. The first-order chi connectivity index (χ1) is 34.5. The van der Waals surface area contributed by atoms with Crippen molar-refractivity contribution >= 4 is 17.9 Å². The molecule has 6 nitrogen and oxygen atoms in total. The van der Waals surface area contributed by atoms with Crippen molar-refractivity contribution < 1.29 is 28.6 Å². The fourth-order valence-electron chi connectivity index (χ4n) is 8.62. The number of carbonyl (C=O) groups is 3. The Morgan fingerprint density at radius 2 is 0.514 bits per heavy atom. The van der Waals surface area contributed by atoms with E-state index in [4.69, 9.17) is 14.2 Å². The van der Waals surface area contributed by atoms with Gasteiger partial charge in [0.2, 0.25) is 0 Å². The molecule has 0 aromatic carbocycles. The van der Waals surface area contributed by atoms with Gasteiger partial charge in [0.1, 0.15) is 13.2 Å². The van der Waals surface area contributed by atoms with Crippen LogP contribution in [0.2, 0.25) is 0 Å². The molecule has 0 aliphatic carbocycles. The van der Waals surface area contributed by atoms with Gasteiger partial charge in [-0.2, -0.15) is 0 Å². The van der Waals surface area contributed by atoms with Crippen LogP contribution in [0.4, 0.5) is 0 Å². The average Bonchev–Trinajstić information content (AvgIpc) is 3.36. The van der Waals surface area contributed by atoms with E-state index in [1.54, 1.807) is 0 Å². The average molecular weight is 980 g/mol. The molecule has 0 N–H and O–H groups in total. The van der Waals surface area contributed by atoms with Gasteiger partial charge in [-0.15, -0.1) is 0 Å². The van der Waals surface area contributed by atoms with Gasteiger partial charge in [0.05, 0.1) is 0 Å². The number of hydrogen-bond acceptors (Lipinski definition) is 6. The lowest BCUT2D eigenvalue weighted by molar-refractivity contribution is -0.167. The maximum absolute atomic E-state index is 12.8. The van der Waals surface area contributed by atoms with Crippen molar-refractivity contribution in [2.75, 3.05) is 13.2 Å². The number of unbranched alkanes of at least 4 members (excludes halogenated alkanes) is 34. The van der Waals surface area contributed by atoms with E-state index in [1.807, 2.05) is 0 Å². The van der Waals surface area contributed by atoms with E-state index in [0.29, 0.717) is 19.3 Å². The minimum atomic E-state index is -0.784. The van der Waals surface area contributed by atoms with Crippen molar-refractivity contribution in [2.24, 2.45) is 0 Å². The largest absolute Gasteiger partial charge is 0.462 e. The highest BCUT2D eigenvalue weighted by molar-refractivity contribution is 5.71. The fourth-order valence-corrected chi connectivity index (χ4v) is 8.62. The van der Waals surface area contributed by atoms with E-state index in [1.165, 1.54) is 173 Å². The van der Waals surface area contributed by atoms with Crippen molar-refractivity contribution in [3.05, 3.63) is 60.8 Å². The molecule has 406 valence electrons. The molecule has 0 rings (SSSR count). The maximum atomic E-state index is 12.8. The normalized spacial score (nSPS) is 12.4. The Balaban J connectivity index is 4.26. The monoisotopic (exact) mass is 979 g/mol. The van der Waals surface area contributed by atoms with E-state index in [-0.39, 0.29) is 31.1 Å². The number of ether oxygens (including phenoxy) is 3. The fraction of sp³-hybridized carbons (Fsp3) is 0.797. The predicted molar refractivity (Wildman–Crippen MR) is 302 cm³/mol. The van der Waals surface area contributed by atoms with Gasteiger partial charge >= 0.3 is 17.9 Å². The van der Waals surface area contributed by atoms with Crippen LogP contribution in [0.1, 0.15) is 310 Å². The van der Waals surface area contributed by atoms with E-state index < -0.39 is 6.10 Å². The summed E-state index contributed by atoms with van der Waals surface area (Å²) in [6.45, 7) is 6.59. The van der Waals surface area contributed by atoms with Gasteiger partial charge in [-0.25, -0.2) is 0 Å². The quantitative estimate of drug-likeness (QED) is 0.0261. The number of esters is 3. The van der Waals surface area contributed by atoms with Crippen LogP contribution in [0.25, 0.3) is 0 Å². The molecule has 0 saturated heterocycles. The molecule has 1 unspecified atom stereocenters. The molecule has 0 aromatic heterocycles. The molecule has 1 atom stereocenters. The summed E-state index contributed by atoms with van der Waals surface area (Å²) in [6.07, 6.45) is 73.6. The zero-order chi connectivity index (χ0) is 50.7. The molecule has 0 amide bonds. The molecule has 0 heterocycles. The standard InChI is InChI=1S/C64H114O6/c1-4-7-10-13-16-19-22-25-27-28-29-30-31-32-33-34-35-36-38-39-42-45-48-51-54-57-63(66)69-60-61(59-68-62(65)56-53-50-47-44-41-24-21-18-15-12-9-6-3)70-64(67)58-55-52-49-46-43-40-37-26-23-20-17-14-11-8-5-2/h17-18,20-22,25-26,28-29,37,61H,4-16,19,23-24,27,30-36,38-60H2,1-3H3/b20-17-,21-18-,25-22-,29-28-,37-26-. The van der Waals surface area contributed by atoms with Crippen LogP contribution in [0, 0.1) is 0 Å². The third-order valence-electron chi connectivity index (χ3n) is 13.2. The first-order valence-corrected chi connectivity index (χ1v) is 30.3. The number of carbonyl (C=O) groups excluding carboxylic acids is 3.